The zero-order valence-electron chi connectivity index (χ0n) is 18.9. The van der Waals surface area contributed by atoms with E-state index in [4.69, 9.17) is 4.74 Å². The normalized spacial score (nSPS) is 15.3. The van der Waals surface area contributed by atoms with Gasteiger partial charge in [0, 0.05) is 36.1 Å². The molecule has 1 aliphatic rings. The lowest BCUT2D eigenvalue weighted by Crippen LogP contribution is -2.30. The summed E-state index contributed by atoms with van der Waals surface area (Å²) in [5, 5.41) is 6.13. The number of aromatic nitrogens is 2. The molecule has 0 radical (unpaired) electrons. The van der Waals surface area contributed by atoms with Crippen LogP contribution in [0.4, 0.5) is 5.13 Å². The number of Topliss-reactive ketones (excluding diaryl/α,β-unsaturated/α-hetero) is 1. The number of carbonyl (C=O) groups is 3. The van der Waals surface area contributed by atoms with E-state index in [1.807, 2.05) is 18.2 Å². The molecule has 10 heteroatoms. The van der Waals surface area contributed by atoms with Crippen LogP contribution >= 0.6 is 22.7 Å². The highest BCUT2D eigenvalue weighted by Crippen LogP contribution is 2.32. The summed E-state index contributed by atoms with van der Waals surface area (Å²) >= 11 is 2.49. The predicted octanol–water partition coefficient (Wildman–Crippen LogP) is 4.29. The van der Waals surface area contributed by atoms with E-state index in [0.29, 0.717) is 40.1 Å². The van der Waals surface area contributed by atoms with Gasteiger partial charge in [-0.2, -0.15) is 0 Å². The number of fused-ring (bicyclic) bond motifs is 1. The Kier molecular flexibility index (Phi) is 6.56. The topological polar surface area (TPSA) is 101 Å². The molecular weight excluding hydrogens is 484 g/mol. The summed E-state index contributed by atoms with van der Waals surface area (Å²) in [6, 6.07) is 11.9. The first-order valence-electron chi connectivity index (χ1n) is 11.1. The number of hydrogen-bond donors (Lipinski definition) is 1. The Morgan fingerprint density at radius 3 is 2.77 bits per heavy atom. The van der Waals surface area contributed by atoms with Crippen LogP contribution in [0.2, 0.25) is 0 Å². The van der Waals surface area contributed by atoms with Gasteiger partial charge in [0.15, 0.2) is 16.6 Å². The fourth-order valence-electron chi connectivity index (χ4n) is 4.25. The Morgan fingerprint density at radius 2 is 2.03 bits per heavy atom. The highest BCUT2D eigenvalue weighted by molar-refractivity contribution is 7.17. The van der Waals surface area contributed by atoms with Crippen molar-refractivity contribution in [3.05, 3.63) is 70.2 Å². The molecule has 4 aromatic rings. The van der Waals surface area contributed by atoms with E-state index in [-0.39, 0.29) is 17.2 Å². The van der Waals surface area contributed by atoms with Gasteiger partial charge in [-0.1, -0.05) is 30.3 Å². The number of carbonyl (C=O) groups excluding carboxylic acids is 3. The van der Waals surface area contributed by atoms with Crippen molar-refractivity contribution in [2.45, 2.75) is 12.8 Å². The zero-order valence-corrected chi connectivity index (χ0v) is 20.5. The third-order valence-corrected chi connectivity index (χ3v) is 7.59. The van der Waals surface area contributed by atoms with Gasteiger partial charge in [0.25, 0.3) is 17.6 Å². The van der Waals surface area contributed by atoms with E-state index in [9.17, 15) is 14.4 Å². The molecule has 1 aromatic carbocycles. The first-order valence-corrected chi connectivity index (χ1v) is 12.8. The molecule has 3 aromatic heterocycles. The number of ketones is 1. The van der Waals surface area contributed by atoms with E-state index in [0.717, 1.165) is 12.8 Å². The van der Waals surface area contributed by atoms with Gasteiger partial charge < -0.3 is 9.64 Å². The van der Waals surface area contributed by atoms with Crippen molar-refractivity contribution in [1.82, 2.24) is 14.9 Å². The summed E-state index contributed by atoms with van der Waals surface area (Å²) in [6.07, 6.45) is 3.36. The number of nitrogens with one attached hydrogen (secondary N) is 1. The number of rotatable bonds is 7. The minimum Gasteiger partial charge on any atom is -0.494 e. The standard InChI is InChI=1S/C25H22N4O4S2/c1-33-18-12-19-20(17(14-35-19)22(30)23(31)28-25-26-8-10-34-25)27-21(18)24(32)29-9-7-16(13-29)11-15-5-3-2-4-6-15/h2-6,8,10,12,14,16H,7,9,11,13H2,1H3,(H,26,28,31). The zero-order chi connectivity index (χ0) is 24.4. The average Bonchev–Trinajstić information content (AvgIpc) is 3.64. The number of methoxy groups -OCH3 is 1. The largest absolute Gasteiger partial charge is 0.494 e. The first kappa shape index (κ1) is 23.1. The van der Waals surface area contributed by atoms with E-state index in [1.54, 1.807) is 27.9 Å². The summed E-state index contributed by atoms with van der Waals surface area (Å²) in [5.41, 5.74) is 1.87. The molecule has 4 heterocycles. The lowest BCUT2D eigenvalue weighted by molar-refractivity contribution is -0.112. The van der Waals surface area contributed by atoms with Crippen LogP contribution in [0.25, 0.3) is 10.2 Å². The van der Waals surface area contributed by atoms with Crippen LogP contribution in [0.15, 0.2) is 53.4 Å². The number of nitrogens with zero attached hydrogens (tertiary/aromatic N) is 3. The minimum absolute atomic E-state index is 0.146. The van der Waals surface area contributed by atoms with Crippen molar-refractivity contribution in [3.8, 4) is 5.75 Å². The molecule has 0 saturated carbocycles. The van der Waals surface area contributed by atoms with Gasteiger partial charge in [-0.3, -0.25) is 19.7 Å². The molecule has 35 heavy (non-hydrogen) atoms. The number of amides is 2. The Labute approximate surface area is 209 Å². The third kappa shape index (κ3) is 4.80. The smallest absolute Gasteiger partial charge is 0.298 e. The first-order chi connectivity index (χ1) is 17.0. The molecule has 1 aliphatic heterocycles. The number of thiophene rings is 1. The van der Waals surface area contributed by atoms with E-state index in [1.165, 1.54) is 35.3 Å². The van der Waals surface area contributed by atoms with Crippen molar-refractivity contribution in [1.29, 1.82) is 0 Å². The van der Waals surface area contributed by atoms with E-state index >= 15 is 0 Å². The number of pyridine rings is 1. The predicted molar refractivity (Wildman–Crippen MR) is 135 cm³/mol. The molecule has 0 aliphatic carbocycles. The van der Waals surface area contributed by atoms with E-state index in [2.05, 4.69) is 27.4 Å². The molecule has 1 fully saturated rings. The van der Waals surface area contributed by atoms with Crippen molar-refractivity contribution in [2.75, 3.05) is 25.5 Å². The fraction of sp³-hybridized carbons (Fsp3) is 0.240. The van der Waals surface area contributed by atoms with E-state index < -0.39 is 11.7 Å². The van der Waals surface area contributed by atoms with Gasteiger partial charge in [0.1, 0.15) is 0 Å². The lowest BCUT2D eigenvalue weighted by Gasteiger charge is -2.18. The second-order valence-electron chi connectivity index (χ2n) is 8.25. The van der Waals surface area contributed by atoms with Gasteiger partial charge in [-0.25, -0.2) is 9.97 Å². The molecular formula is C25H22N4O4S2. The molecule has 1 N–H and O–H groups in total. The Morgan fingerprint density at radius 1 is 1.20 bits per heavy atom. The molecule has 0 bridgehead atoms. The van der Waals surface area contributed by atoms with Crippen LogP contribution in [0.1, 0.15) is 32.8 Å². The second kappa shape index (κ2) is 9.93. The Bertz CT molecular complexity index is 1390. The van der Waals surface area contributed by atoms with Crippen LogP contribution in [0.3, 0.4) is 0 Å². The molecule has 2 amide bonds. The highest BCUT2D eigenvalue weighted by Gasteiger charge is 2.31. The second-order valence-corrected chi connectivity index (χ2v) is 10.1. The quantitative estimate of drug-likeness (QED) is 0.296. The number of likely N-dealkylation sites (tertiary alicyclic amines) is 1. The monoisotopic (exact) mass is 506 g/mol. The number of benzene rings is 1. The Hall–Kier alpha value is -3.63. The highest BCUT2D eigenvalue weighted by atomic mass is 32.1. The number of ether oxygens (including phenoxy) is 1. The van der Waals surface area contributed by atoms with Crippen molar-refractivity contribution < 1.29 is 19.1 Å². The van der Waals surface area contributed by atoms with Crippen LogP contribution in [0, 0.1) is 5.92 Å². The lowest BCUT2D eigenvalue weighted by atomic mass is 9.99. The number of anilines is 1. The van der Waals surface area contributed by atoms with Crippen LogP contribution in [-0.2, 0) is 11.2 Å². The summed E-state index contributed by atoms with van der Waals surface area (Å²) in [6.45, 7) is 1.26. The van der Waals surface area contributed by atoms with Gasteiger partial charge in [0.05, 0.1) is 22.9 Å². The third-order valence-electron chi connectivity index (χ3n) is 5.98. The number of thiazole rings is 1. The summed E-state index contributed by atoms with van der Waals surface area (Å²) in [4.78, 5) is 49.1. The van der Waals surface area contributed by atoms with Gasteiger partial charge in [-0.05, 0) is 24.3 Å². The van der Waals surface area contributed by atoms with Gasteiger partial charge in [-0.15, -0.1) is 22.7 Å². The van der Waals surface area contributed by atoms with Crippen LogP contribution < -0.4 is 10.1 Å². The minimum atomic E-state index is -0.798. The number of hydrogen-bond acceptors (Lipinski definition) is 8. The molecule has 0 spiro atoms. The van der Waals surface area contributed by atoms with Gasteiger partial charge >= 0.3 is 0 Å². The van der Waals surface area contributed by atoms with Crippen molar-refractivity contribution in [3.63, 3.8) is 0 Å². The summed E-state index contributed by atoms with van der Waals surface area (Å²) in [7, 11) is 1.49. The maximum atomic E-state index is 13.4. The molecule has 5 rings (SSSR count). The van der Waals surface area contributed by atoms with Gasteiger partial charge in [0.2, 0.25) is 0 Å². The molecule has 8 nitrogen and oxygen atoms in total. The average molecular weight is 507 g/mol. The molecule has 1 atom stereocenters. The SMILES string of the molecule is COc1cc2scc(C(=O)C(=O)Nc3nccs3)c2nc1C(=O)N1CCC(Cc2ccccc2)C1. The van der Waals surface area contributed by atoms with Crippen LogP contribution in [0.5, 0.6) is 5.75 Å². The van der Waals surface area contributed by atoms with Crippen molar-refractivity contribution in [2.24, 2.45) is 5.92 Å². The fourth-order valence-corrected chi connectivity index (χ4v) is 5.68. The summed E-state index contributed by atoms with van der Waals surface area (Å²) in [5.74, 6) is -1.05. The molecule has 1 saturated heterocycles. The summed E-state index contributed by atoms with van der Waals surface area (Å²) < 4.78 is 6.13. The maximum absolute atomic E-state index is 13.4. The maximum Gasteiger partial charge on any atom is 0.298 e. The molecule has 1 unspecified atom stereocenters. The Balaban J connectivity index is 1.38. The van der Waals surface area contributed by atoms with Crippen molar-refractivity contribution >= 4 is 55.6 Å². The molecule has 178 valence electrons. The van der Waals surface area contributed by atoms with Crippen LogP contribution in [-0.4, -0.2) is 52.7 Å².